The first-order valence-corrected chi connectivity index (χ1v) is 10.7. The Kier molecular flexibility index (Phi) is 9.94. The molecule has 0 aliphatic heterocycles. The van der Waals surface area contributed by atoms with E-state index < -0.39 is 0 Å². The average molecular weight is 353 g/mol. The molecule has 0 fully saturated rings. The van der Waals surface area contributed by atoms with Gasteiger partial charge in [0.05, 0.1) is 6.61 Å². The van der Waals surface area contributed by atoms with E-state index in [4.69, 9.17) is 4.74 Å². The zero-order chi connectivity index (χ0) is 18.5. The number of hydrogen-bond acceptors (Lipinski definition) is 1. The molecule has 0 aliphatic rings. The van der Waals surface area contributed by atoms with Crippen LogP contribution in [0.15, 0.2) is 48.5 Å². The molecule has 0 saturated carbocycles. The van der Waals surface area contributed by atoms with Crippen LogP contribution in [0.1, 0.15) is 77.2 Å². The maximum absolute atomic E-state index is 5.91. The molecule has 0 bridgehead atoms. The molecular weight excluding hydrogens is 316 g/mol. The second-order valence-corrected chi connectivity index (χ2v) is 7.25. The van der Waals surface area contributed by atoms with Crippen LogP contribution in [0.2, 0.25) is 0 Å². The van der Waals surface area contributed by atoms with Crippen molar-refractivity contribution in [3.05, 3.63) is 54.1 Å². The molecule has 0 unspecified atom stereocenters. The standard InChI is InChI=1S/C25H36O/c1-3-5-7-8-9-13-21-26-24-19-17-23(18-20-24)25-16-12-11-15-22(25)14-10-6-4-2/h11-12,15-20H,3-10,13-14,21H2,1-2H3. The lowest BCUT2D eigenvalue weighted by Crippen LogP contribution is -1.97. The first-order chi connectivity index (χ1) is 12.8. The highest BCUT2D eigenvalue weighted by molar-refractivity contribution is 5.68. The van der Waals surface area contributed by atoms with Gasteiger partial charge >= 0.3 is 0 Å². The van der Waals surface area contributed by atoms with Crippen LogP contribution >= 0.6 is 0 Å². The van der Waals surface area contributed by atoms with Gasteiger partial charge in [-0.3, -0.25) is 0 Å². The Morgan fingerprint density at radius 3 is 2.08 bits per heavy atom. The monoisotopic (exact) mass is 352 g/mol. The molecule has 0 radical (unpaired) electrons. The molecule has 2 aromatic carbocycles. The van der Waals surface area contributed by atoms with E-state index in [9.17, 15) is 0 Å². The van der Waals surface area contributed by atoms with E-state index in [2.05, 4.69) is 62.4 Å². The molecule has 2 aromatic rings. The molecule has 0 aromatic heterocycles. The largest absolute Gasteiger partial charge is 0.494 e. The van der Waals surface area contributed by atoms with Crippen molar-refractivity contribution in [1.29, 1.82) is 0 Å². The Labute approximate surface area is 160 Å². The normalized spacial score (nSPS) is 10.8. The molecule has 0 saturated heterocycles. The zero-order valence-electron chi connectivity index (χ0n) is 16.8. The molecular formula is C25H36O. The van der Waals surface area contributed by atoms with Crippen molar-refractivity contribution in [2.24, 2.45) is 0 Å². The van der Waals surface area contributed by atoms with Crippen molar-refractivity contribution in [2.45, 2.75) is 78.1 Å². The second-order valence-electron chi connectivity index (χ2n) is 7.25. The Hall–Kier alpha value is -1.76. The Balaban J connectivity index is 1.83. The van der Waals surface area contributed by atoms with Crippen molar-refractivity contribution >= 4 is 0 Å². The molecule has 142 valence electrons. The quantitative estimate of drug-likeness (QED) is 0.334. The predicted octanol–water partition coefficient (Wildman–Crippen LogP) is 7.83. The van der Waals surface area contributed by atoms with E-state index in [1.54, 1.807) is 0 Å². The van der Waals surface area contributed by atoms with E-state index in [1.807, 2.05) is 0 Å². The summed E-state index contributed by atoms with van der Waals surface area (Å²) in [6, 6.07) is 17.5. The molecule has 0 atom stereocenters. The lowest BCUT2D eigenvalue weighted by atomic mass is 9.96. The lowest BCUT2D eigenvalue weighted by Gasteiger charge is -2.11. The minimum atomic E-state index is 0.832. The molecule has 1 nitrogen and oxygen atoms in total. The fourth-order valence-electron chi connectivity index (χ4n) is 3.39. The fourth-order valence-corrected chi connectivity index (χ4v) is 3.39. The van der Waals surface area contributed by atoms with Crippen molar-refractivity contribution in [2.75, 3.05) is 6.61 Å². The lowest BCUT2D eigenvalue weighted by molar-refractivity contribution is 0.304. The van der Waals surface area contributed by atoms with Crippen LogP contribution in [0.3, 0.4) is 0 Å². The van der Waals surface area contributed by atoms with Gasteiger partial charge in [0.25, 0.3) is 0 Å². The van der Waals surface area contributed by atoms with Crippen LogP contribution in [-0.4, -0.2) is 6.61 Å². The maximum atomic E-state index is 5.91. The zero-order valence-corrected chi connectivity index (χ0v) is 16.8. The van der Waals surface area contributed by atoms with Crippen LogP contribution in [0.4, 0.5) is 0 Å². The van der Waals surface area contributed by atoms with E-state index in [-0.39, 0.29) is 0 Å². The van der Waals surface area contributed by atoms with Gasteiger partial charge in [-0.2, -0.15) is 0 Å². The summed E-state index contributed by atoms with van der Waals surface area (Å²) in [5, 5.41) is 0. The number of benzene rings is 2. The van der Waals surface area contributed by atoms with Crippen LogP contribution in [-0.2, 0) is 6.42 Å². The summed E-state index contributed by atoms with van der Waals surface area (Å²) >= 11 is 0. The van der Waals surface area contributed by atoms with Crippen molar-refractivity contribution in [3.8, 4) is 16.9 Å². The van der Waals surface area contributed by atoms with Gasteiger partial charge in [-0.25, -0.2) is 0 Å². The third-order valence-electron chi connectivity index (χ3n) is 5.00. The number of hydrogen-bond donors (Lipinski definition) is 0. The van der Waals surface area contributed by atoms with Crippen LogP contribution in [0.5, 0.6) is 5.75 Å². The minimum Gasteiger partial charge on any atom is -0.494 e. The maximum Gasteiger partial charge on any atom is 0.119 e. The van der Waals surface area contributed by atoms with Crippen LogP contribution in [0.25, 0.3) is 11.1 Å². The summed E-state index contributed by atoms with van der Waals surface area (Å²) in [6.07, 6.45) is 12.8. The van der Waals surface area contributed by atoms with Crippen LogP contribution < -0.4 is 4.74 Å². The summed E-state index contributed by atoms with van der Waals surface area (Å²) < 4.78 is 5.91. The molecule has 2 rings (SSSR count). The Morgan fingerprint density at radius 2 is 1.31 bits per heavy atom. The van der Waals surface area contributed by atoms with Gasteiger partial charge in [-0.05, 0) is 48.1 Å². The van der Waals surface area contributed by atoms with Gasteiger partial charge in [0.2, 0.25) is 0 Å². The molecule has 26 heavy (non-hydrogen) atoms. The Morgan fingerprint density at radius 1 is 0.654 bits per heavy atom. The van der Waals surface area contributed by atoms with E-state index in [0.29, 0.717) is 0 Å². The third-order valence-corrected chi connectivity index (χ3v) is 5.00. The Bertz CT molecular complexity index is 600. The number of rotatable bonds is 13. The SMILES string of the molecule is CCCCCCCCOc1ccc(-c2ccccc2CCCCC)cc1. The highest BCUT2D eigenvalue weighted by Crippen LogP contribution is 2.27. The minimum absolute atomic E-state index is 0.832. The molecule has 0 heterocycles. The molecule has 0 N–H and O–H groups in total. The summed E-state index contributed by atoms with van der Waals surface area (Å²) in [5.74, 6) is 0.991. The van der Waals surface area contributed by atoms with Crippen molar-refractivity contribution in [3.63, 3.8) is 0 Å². The second kappa shape index (κ2) is 12.6. The predicted molar refractivity (Wildman–Crippen MR) is 114 cm³/mol. The third kappa shape index (κ3) is 7.23. The molecule has 0 spiro atoms. The summed E-state index contributed by atoms with van der Waals surface area (Å²) in [5.41, 5.74) is 4.12. The highest BCUT2D eigenvalue weighted by atomic mass is 16.5. The summed E-state index contributed by atoms with van der Waals surface area (Å²) in [7, 11) is 0. The van der Waals surface area contributed by atoms with E-state index in [1.165, 1.54) is 74.5 Å². The summed E-state index contributed by atoms with van der Waals surface area (Å²) in [4.78, 5) is 0. The molecule has 0 amide bonds. The number of ether oxygens (including phenoxy) is 1. The highest BCUT2D eigenvalue weighted by Gasteiger charge is 2.05. The molecule has 0 aliphatic carbocycles. The first-order valence-electron chi connectivity index (χ1n) is 10.7. The number of unbranched alkanes of at least 4 members (excludes halogenated alkanes) is 7. The first kappa shape index (κ1) is 20.6. The van der Waals surface area contributed by atoms with Gasteiger partial charge in [-0.15, -0.1) is 0 Å². The van der Waals surface area contributed by atoms with Gasteiger partial charge in [0.15, 0.2) is 0 Å². The topological polar surface area (TPSA) is 9.23 Å². The smallest absolute Gasteiger partial charge is 0.119 e. The van der Waals surface area contributed by atoms with Gasteiger partial charge < -0.3 is 4.74 Å². The van der Waals surface area contributed by atoms with E-state index in [0.717, 1.165) is 18.8 Å². The van der Waals surface area contributed by atoms with Crippen molar-refractivity contribution < 1.29 is 4.74 Å². The van der Waals surface area contributed by atoms with Crippen LogP contribution in [0, 0.1) is 0 Å². The van der Waals surface area contributed by atoms with E-state index >= 15 is 0 Å². The van der Waals surface area contributed by atoms with Gasteiger partial charge in [0, 0.05) is 0 Å². The van der Waals surface area contributed by atoms with Crippen molar-refractivity contribution in [1.82, 2.24) is 0 Å². The van der Waals surface area contributed by atoms with Gasteiger partial charge in [0.1, 0.15) is 5.75 Å². The average Bonchev–Trinajstić information content (AvgIpc) is 2.68. The number of aryl methyl sites for hydroxylation is 1. The fraction of sp³-hybridized carbons (Fsp3) is 0.520. The summed E-state index contributed by atoms with van der Waals surface area (Å²) in [6.45, 7) is 5.35. The molecule has 1 heteroatoms. The van der Waals surface area contributed by atoms with Gasteiger partial charge in [-0.1, -0.05) is 95.2 Å².